The molecule has 4 saturated heterocycles. The minimum atomic E-state index is -0.176. The number of piperazine rings is 1. The van der Waals surface area contributed by atoms with Gasteiger partial charge in [0.15, 0.2) is 0 Å². The molecule has 7 heteroatoms. The van der Waals surface area contributed by atoms with Gasteiger partial charge < -0.3 is 15.5 Å². The quantitative estimate of drug-likeness (QED) is 0.706. The molecule has 4 aliphatic rings. The van der Waals surface area contributed by atoms with Gasteiger partial charge in [0.25, 0.3) is 0 Å². The maximum absolute atomic E-state index is 13.2. The topological polar surface area (TPSA) is 50.9 Å². The summed E-state index contributed by atoms with van der Waals surface area (Å²) in [5.74, 6) is 1.28. The maximum Gasteiger partial charge on any atom is 0.319 e. The molecule has 4 fully saturated rings. The van der Waals surface area contributed by atoms with Crippen molar-refractivity contribution in [2.45, 2.75) is 18.9 Å². The fourth-order valence-electron chi connectivity index (χ4n) is 5.75. The van der Waals surface area contributed by atoms with Crippen LogP contribution in [0.4, 0.5) is 20.6 Å². The molecule has 0 radical (unpaired) electrons. The summed E-state index contributed by atoms with van der Waals surface area (Å²) in [7, 11) is 0. The van der Waals surface area contributed by atoms with E-state index in [4.69, 9.17) is 0 Å². The van der Waals surface area contributed by atoms with Crippen LogP contribution in [0.2, 0.25) is 0 Å². The third-order valence-corrected chi connectivity index (χ3v) is 7.60. The lowest BCUT2D eigenvalue weighted by molar-refractivity contribution is -0.0114. The summed E-state index contributed by atoms with van der Waals surface area (Å²) in [5.41, 5.74) is 1.94. The fraction of sp³-hybridized carbons (Fsp3) is 0.500. The highest BCUT2D eigenvalue weighted by atomic mass is 19.1. The van der Waals surface area contributed by atoms with Crippen LogP contribution in [0.5, 0.6) is 0 Å². The Kier molecular flexibility index (Phi) is 6.78. The molecule has 4 heterocycles. The number of nitrogens with zero attached hydrogens (tertiary/aromatic N) is 3. The Morgan fingerprint density at radius 3 is 2.42 bits per heavy atom. The molecule has 2 aromatic rings. The summed E-state index contributed by atoms with van der Waals surface area (Å²) < 4.78 is 13.2. The number of amides is 2. The Morgan fingerprint density at radius 1 is 0.970 bits per heavy atom. The number of rotatable bonds is 6. The third-order valence-electron chi connectivity index (χ3n) is 7.60. The van der Waals surface area contributed by atoms with Crippen molar-refractivity contribution in [1.82, 2.24) is 15.1 Å². The molecule has 2 bridgehead atoms. The second kappa shape index (κ2) is 10.1. The molecule has 2 aromatic carbocycles. The number of para-hydroxylation sites is 1. The van der Waals surface area contributed by atoms with E-state index in [0.29, 0.717) is 18.5 Å². The molecule has 6 rings (SSSR count). The molecular weight excluding hydrogens is 417 g/mol. The predicted octanol–water partition coefficient (Wildman–Crippen LogP) is 3.48. The number of hydrogen-bond donors (Lipinski definition) is 2. The van der Waals surface area contributed by atoms with E-state index < -0.39 is 0 Å². The molecule has 0 spiro atoms. The molecule has 1 unspecified atom stereocenters. The highest BCUT2D eigenvalue weighted by molar-refractivity contribution is 5.89. The lowest BCUT2D eigenvalue weighted by atomic mass is 9.75. The van der Waals surface area contributed by atoms with Gasteiger partial charge in [-0.15, -0.1) is 0 Å². The van der Waals surface area contributed by atoms with Crippen LogP contribution in [0.1, 0.15) is 12.8 Å². The Balaban J connectivity index is 1.06. The number of carbonyl (C=O) groups is 1. The Labute approximate surface area is 195 Å². The Morgan fingerprint density at radius 2 is 1.73 bits per heavy atom. The third kappa shape index (κ3) is 5.47. The van der Waals surface area contributed by atoms with E-state index >= 15 is 0 Å². The first-order valence-electron chi connectivity index (χ1n) is 12.2. The van der Waals surface area contributed by atoms with Gasteiger partial charge in [0.05, 0.1) is 0 Å². The van der Waals surface area contributed by atoms with Gasteiger partial charge in [-0.3, -0.25) is 9.80 Å². The highest BCUT2D eigenvalue weighted by Gasteiger charge is 2.40. The minimum absolute atomic E-state index is 0.126. The van der Waals surface area contributed by atoms with E-state index in [1.165, 1.54) is 12.8 Å². The lowest BCUT2D eigenvalue weighted by Crippen LogP contribution is -2.59. The van der Waals surface area contributed by atoms with E-state index in [0.717, 1.165) is 63.1 Å². The molecular formula is C26H34FN5O. The number of urea groups is 1. The summed E-state index contributed by atoms with van der Waals surface area (Å²) in [6.07, 6.45) is 2.44. The van der Waals surface area contributed by atoms with Crippen molar-refractivity contribution in [2.75, 3.05) is 62.6 Å². The molecule has 4 atom stereocenters. The number of halogens is 1. The molecule has 4 aliphatic heterocycles. The monoisotopic (exact) mass is 451 g/mol. The molecule has 0 saturated carbocycles. The number of fused-ring (bicyclic) bond motifs is 3. The van der Waals surface area contributed by atoms with Crippen molar-refractivity contribution >= 4 is 17.4 Å². The van der Waals surface area contributed by atoms with E-state index in [2.05, 4.69) is 25.3 Å². The van der Waals surface area contributed by atoms with Gasteiger partial charge in [-0.2, -0.15) is 0 Å². The molecule has 2 amide bonds. The summed E-state index contributed by atoms with van der Waals surface area (Å²) in [4.78, 5) is 19.8. The van der Waals surface area contributed by atoms with Gasteiger partial charge >= 0.3 is 6.03 Å². The zero-order valence-corrected chi connectivity index (χ0v) is 19.1. The zero-order chi connectivity index (χ0) is 22.6. The maximum atomic E-state index is 13.2. The van der Waals surface area contributed by atoms with Crippen molar-refractivity contribution in [1.29, 1.82) is 0 Å². The van der Waals surface area contributed by atoms with Crippen LogP contribution in [0.25, 0.3) is 0 Å². The van der Waals surface area contributed by atoms with Crippen molar-refractivity contribution in [3.05, 3.63) is 60.4 Å². The smallest absolute Gasteiger partial charge is 0.319 e. The average molecular weight is 452 g/mol. The largest absolute Gasteiger partial charge is 0.369 e. The molecule has 33 heavy (non-hydrogen) atoms. The first-order valence-corrected chi connectivity index (χ1v) is 12.2. The van der Waals surface area contributed by atoms with Gasteiger partial charge in [0.2, 0.25) is 0 Å². The van der Waals surface area contributed by atoms with E-state index in [1.807, 2.05) is 42.5 Å². The molecule has 6 nitrogen and oxygen atoms in total. The van der Waals surface area contributed by atoms with Gasteiger partial charge in [0, 0.05) is 63.2 Å². The first-order chi connectivity index (χ1) is 16.1. The number of carbonyl (C=O) groups excluding carboxylic acids is 1. The number of piperidine rings is 3. The molecule has 176 valence electrons. The molecule has 2 N–H and O–H groups in total. The van der Waals surface area contributed by atoms with Crippen LogP contribution in [0, 0.1) is 17.7 Å². The second-order valence-corrected chi connectivity index (χ2v) is 9.66. The highest BCUT2D eigenvalue weighted by Crippen LogP contribution is 2.36. The van der Waals surface area contributed by atoms with Crippen LogP contribution in [0.3, 0.4) is 0 Å². The fourth-order valence-corrected chi connectivity index (χ4v) is 5.75. The van der Waals surface area contributed by atoms with Gasteiger partial charge in [0.1, 0.15) is 5.82 Å². The summed E-state index contributed by atoms with van der Waals surface area (Å²) in [6.45, 7) is 8.26. The van der Waals surface area contributed by atoms with E-state index in [9.17, 15) is 9.18 Å². The van der Waals surface area contributed by atoms with Crippen molar-refractivity contribution in [3.63, 3.8) is 0 Å². The number of hydrogen-bond acceptors (Lipinski definition) is 4. The Hall–Kier alpha value is -2.64. The molecule has 0 aliphatic carbocycles. The summed E-state index contributed by atoms with van der Waals surface area (Å²) >= 11 is 0. The summed E-state index contributed by atoms with van der Waals surface area (Å²) in [6, 6.07) is 16.8. The van der Waals surface area contributed by atoms with Gasteiger partial charge in [-0.1, -0.05) is 18.2 Å². The standard InChI is InChI=1S/C26H34FN5O/c27-22-6-8-24(9-7-22)31-14-12-30(13-15-31)18-21-19-32-11-10-20(21)16-25(32)17-28-26(33)29-23-4-2-1-3-5-23/h1-9,20-21,25H,10-19H2,(H2,28,29,33)/t20-,21-,25+/m0/s1. The normalized spacial score (nSPS) is 27.4. The van der Waals surface area contributed by atoms with Gasteiger partial charge in [-0.25, -0.2) is 9.18 Å². The predicted molar refractivity (Wildman–Crippen MR) is 130 cm³/mol. The number of nitrogens with one attached hydrogen (secondary N) is 2. The van der Waals surface area contributed by atoms with Gasteiger partial charge in [-0.05, 0) is 67.6 Å². The zero-order valence-electron chi connectivity index (χ0n) is 19.1. The van der Waals surface area contributed by atoms with Crippen LogP contribution in [0.15, 0.2) is 54.6 Å². The SMILES string of the molecule is O=C(NC[C@H]1C[C@@H]2CCN1C[C@@H]2CN1CCN(c2ccc(F)cc2)CC1)Nc1ccccc1. The minimum Gasteiger partial charge on any atom is -0.369 e. The number of benzene rings is 2. The summed E-state index contributed by atoms with van der Waals surface area (Å²) in [5, 5.41) is 5.98. The van der Waals surface area contributed by atoms with Crippen molar-refractivity contribution in [3.8, 4) is 0 Å². The van der Waals surface area contributed by atoms with Crippen LogP contribution >= 0.6 is 0 Å². The Bertz CT molecular complexity index is 916. The average Bonchev–Trinajstić information content (AvgIpc) is 2.85. The van der Waals surface area contributed by atoms with E-state index in [1.54, 1.807) is 12.1 Å². The lowest BCUT2D eigenvalue weighted by Gasteiger charge is -2.51. The molecule has 0 aromatic heterocycles. The first kappa shape index (κ1) is 22.2. The van der Waals surface area contributed by atoms with E-state index in [-0.39, 0.29) is 11.8 Å². The van der Waals surface area contributed by atoms with Crippen molar-refractivity contribution < 1.29 is 9.18 Å². The van der Waals surface area contributed by atoms with Crippen LogP contribution in [-0.2, 0) is 0 Å². The van der Waals surface area contributed by atoms with Crippen molar-refractivity contribution in [2.24, 2.45) is 11.8 Å². The number of anilines is 2. The second-order valence-electron chi connectivity index (χ2n) is 9.66. The van der Waals surface area contributed by atoms with Crippen LogP contribution in [-0.4, -0.2) is 74.2 Å². The van der Waals surface area contributed by atoms with Crippen LogP contribution < -0.4 is 15.5 Å².